The van der Waals surface area contributed by atoms with Crippen LogP contribution in [0.25, 0.3) is 6.08 Å². The Morgan fingerprint density at radius 3 is 2.00 bits per heavy atom. The molecule has 44 heavy (non-hydrogen) atoms. The molecule has 1 atom stereocenters. The van der Waals surface area contributed by atoms with Crippen molar-refractivity contribution >= 4 is 29.3 Å². The predicted octanol–water partition coefficient (Wildman–Crippen LogP) is 9.28. The average molecular weight is 601 g/mol. The Bertz CT molecular complexity index is 1280. The van der Waals surface area contributed by atoms with E-state index in [2.05, 4.69) is 85.0 Å². The first-order valence-electron chi connectivity index (χ1n) is 15.3. The molecule has 0 unspecified atom stereocenters. The SMILES string of the molecule is C=C(C)C(=O)NCc1ccc(CC(C)=O)c(C)c1.C=CN=C(C)N=C(CC)C(=C)N[C@@H](C)c1ccc(C=C)cc1.CC.CC. The molecule has 0 aliphatic heterocycles. The lowest BCUT2D eigenvalue weighted by Crippen LogP contribution is -2.23. The highest BCUT2D eigenvalue weighted by Gasteiger charge is 2.10. The number of nitrogens with one attached hydrogen (secondary N) is 2. The maximum atomic E-state index is 11.4. The Hall–Kier alpha value is -4.32. The van der Waals surface area contributed by atoms with Gasteiger partial charge in [-0.15, -0.1) is 0 Å². The number of carbonyl (C=O) groups excluding carboxylic acids is 2. The van der Waals surface area contributed by atoms with Crippen LogP contribution in [0.2, 0.25) is 0 Å². The largest absolute Gasteiger partial charge is 0.378 e. The lowest BCUT2D eigenvalue weighted by molar-refractivity contribution is -0.118. The van der Waals surface area contributed by atoms with Crippen LogP contribution in [0.4, 0.5) is 0 Å². The van der Waals surface area contributed by atoms with Crippen LogP contribution >= 0.6 is 0 Å². The molecule has 0 aliphatic carbocycles. The van der Waals surface area contributed by atoms with Gasteiger partial charge in [-0.25, -0.2) is 9.98 Å². The first-order chi connectivity index (χ1) is 20.9. The van der Waals surface area contributed by atoms with E-state index in [-0.39, 0.29) is 17.7 Å². The third-order valence-corrected chi connectivity index (χ3v) is 6.01. The summed E-state index contributed by atoms with van der Waals surface area (Å²) in [7, 11) is 0. The second-order valence-electron chi connectivity index (χ2n) is 9.59. The molecular weight excluding hydrogens is 544 g/mol. The summed E-state index contributed by atoms with van der Waals surface area (Å²) in [4.78, 5) is 31.0. The number of aryl methyl sites for hydroxylation is 1. The Morgan fingerprint density at radius 2 is 1.55 bits per heavy atom. The van der Waals surface area contributed by atoms with Crippen molar-refractivity contribution in [3.8, 4) is 0 Å². The number of aliphatic imine (C=N–C) groups is 2. The summed E-state index contributed by atoms with van der Waals surface area (Å²) in [6.07, 6.45) is 4.58. The highest BCUT2D eigenvalue weighted by molar-refractivity contribution is 6.06. The number of Topliss-reactive ketones (excluding diaryl/α,β-unsaturated/α-hetero) is 1. The second kappa shape index (κ2) is 24.2. The van der Waals surface area contributed by atoms with Gasteiger partial charge in [-0.2, -0.15) is 0 Å². The van der Waals surface area contributed by atoms with Gasteiger partial charge in [0.25, 0.3) is 0 Å². The van der Waals surface area contributed by atoms with Gasteiger partial charge in [0.2, 0.25) is 5.91 Å². The van der Waals surface area contributed by atoms with Gasteiger partial charge in [-0.05, 0) is 68.9 Å². The molecule has 0 saturated carbocycles. The molecule has 0 aliphatic rings. The van der Waals surface area contributed by atoms with Crippen LogP contribution in [-0.2, 0) is 22.6 Å². The number of carbonyl (C=O) groups is 2. The van der Waals surface area contributed by atoms with E-state index in [0.717, 1.165) is 40.1 Å². The molecule has 0 bridgehead atoms. The summed E-state index contributed by atoms with van der Waals surface area (Å²) < 4.78 is 0. The Morgan fingerprint density at radius 1 is 0.955 bits per heavy atom. The zero-order chi connectivity index (χ0) is 34.2. The van der Waals surface area contributed by atoms with E-state index in [0.29, 0.717) is 24.4 Å². The number of hydrogen-bond donors (Lipinski definition) is 2. The fourth-order valence-electron chi connectivity index (χ4n) is 3.73. The first kappa shape index (κ1) is 41.8. The van der Waals surface area contributed by atoms with Crippen LogP contribution in [0, 0.1) is 6.92 Å². The number of allylic oxidation sites excluding steroid dienone is 1. The van der Waals surface area contributed by atoms with E-state index in [1.807, 2.05) is 65.8 Å². The molecule has 2 aromatic carbocycles. The van der Waals surface area contributed by atoms with E-state index in [1.54, 1.807) is 13.8 Å². The number of amidine groups is 1. The van der Waals surface area contributed by atoms with Gasteiger partial charge in [0.05, 0.1) is 5.71 Å². The van der Waals surface area contributed by atoms with Crippen molar-refractivity contribution in [3.05, 3.63) is 114 Å². The third-order valence-electron chi connectivity index (χ3n) is 6.01. The highest BCUT2D eigenvalue weighted by Crippen LogP contribution is 2.16. The van der Waals surface area contributed by atoms with Crippen LogP contribution in [0.3, 0.4) is 0 Å². The van der Waals surface area contributed by atoms with Gasteiger partial charge in [0, 0.05) is 36.5 Å². The second-order valence-corrected chi connectivity index (χ2v) is 9.59. The minimum Gasteiger partial charge on any atom is -0.378 e. The molecule has 6 nitrogen and oxygen atoms in total. The van der Waals surface area contributed by atoms with Crippen molar-refractivity contribution in [1.82, 2.24) is 10.6 Å². The number of nitrogens with zero attached hydrogens (tertiary/aromatic N) is 2. The maximum Gasteiger partial charge on any atom is 0.246 e. The number of rotatable bonds is 12. The highest BCUT2D eigenvalue weighted by atomic mass is 16.1. The monoisotopic (exact) mass is 600 g/mol. The third kappa shape index (κ3) is 17.0. The fraction of sp³-hybridized carbons (Fsp3) is 0.368. The van der Waals surface area contributed by atoms with Gasteiger partial charge < -0.3 is 10.6 Å². The molecule has 0 heterocycles. The molecule has 0 fully saturated rings. The van der Waals surface area contributed by atoms with Crippen LogP contribution in [0.5, 0.6) is 0 Å². The fourth-order valence-corrected chi connectivity index (χ4v) is 3.73. The van der Waals surface area contributed by atoms with Crippen LogP contribution in [0.15, 0.2) is 96.2 Å². The molecule has 2 rings (SSSR count). The molecule has 0 saturated heterocycles. The zero-order valence-electron chi connectivity index (χ0n) is 28.9. The van der Waals surface area contributed by atoms with E-state index in [4.69, 9.17) is 0 Å². The molecule has 6 heteroatoms. The van der Waals surface area contributed by atoms with Crippen LogP contribution in [-0.4, -0.2) is 23.2 Å². The number of benzene rings is 2. The normalized spacial score (nSPS) is 11.0. The van der Waals surface area contributed by atoms with Crippen molar-refractivity contribution in [2.24, 2.45) is 9.98 Å². The van der Waals surface area contributed by atoms with Gasteiger partial charge in [0.15, 0.2) is 0 Å². The Kier molecular flexibility index (Phi) is 23.0. The minimum atomic E-state index is -0.138. The lowest BCUT2D eigenvalue weighted by atomic mass is 10.0. The van der Waals surface area contributed by atoms with Gasteiger partial charge in [-0.3, -0.25) is 9.59 Å². The smallest absolute Gasteiger partial charge is 0.246 e. The summed E-state index contributed by atoms with van der Waals surface area (Å²) in [6, 6.07) is 14.3. The zero-order valence-corrected chi connectivity index (χ0v) is 28.9. The standard InChI is InChI=1S/C19H25N3.C15H19NO2.2C2H6/c1-7-17-10-12-18(13-11-17)14(4)21-15(5)19(8-2)22-16(6)20-9-3;1-10(2)15(18)16-9-13-5-6-14(8-12(4)17)11(3)7-13;2*1-2/h7,9-14,21H,1,3,5,8H2,2,4,6H3;5-7H,1,8-9H2,2-4H3,(H,16,18);2*1-2H3/t14-;;;/m0.../s1. The predicted molar refractivity (Wildman–Crippen MR) is 193 cm³/mol. The Balaban J connectivity index is 0. The lowest BCUT2D eigenvalue weighted by Gasteiger charge is -2.18. The molecule has 2 N–H and O–H groups in total. The maximum absolute atomic E-state index is 11.4. The quantitative estimate of drug-likeness (QED) is 0.145. The molecule has 1 amide bonds. The number of ketones is 1. The Labute approximate surface area is 267 Å². The summed E-state index contributed by atoms with van der Waals surface area (Å²) >= 11 is 0. The van der Waals surface area contributed by atoms with E-state index in [9.17, 15) is 9.59 Å². The van der Waals surface area contributed by atoms with Crippen molar-refractivity contribution in [2.75, 3.05) is 0 Å². The van der Waals surface area contributed by atoms with E-state index < -0.39 is 0 Å². The molecule has 0 spiro atoms. The number of hydrogen-bond acceptors (Lipinski definition) is 4. The summed E-state index contributed by atoms with van der Waals surface area (Å²) in [5.74, 6) is 0.694. The number of amides is 1. The van der Waals surface area contributed by atoms with Crippen molar-refractivity contribution in [1.29, 1.82) is 0 Å². The van der Waals surface area contributed by atoms with Crippen LogP contribution in [0.1, 0.15) is 103 Å². The summed E-state index contributed by atoms with van der Waals surface area (Å²) in [6.45, 7) is 34.7. The van der Waals surface area contributed by atoms with Gasteiger partial charge >= 0.3 is 0 Å². The van der Waals surface area contributed by atoms with Crippen molar-refractivity contribution in [2.45, 2.75) is 94.7 Å². The summed E-state index contributed by atoms with van der Waals surface area (Å²) in [5, 5.41) is 6.18. The van der Waals surface area contributed by atoms with Gasteiger partial charge in [0.1, 0.15) is 11.6 Å². The van der Waals surface area contributed by atoms with Crippen LogP contribution < -0.4 is 10.6 Å². The molecule has 240 valence electrons. The van der Waals surface area contributed by atoms with Crippen molar-refractivity contribution < 1.29 is 9.59 Å². The first-order valence-corrected chi connectivity index (χ1v) is 15.3. The average Bonchev–Trinajstić information content (AvgIpc) is 3.02. The molecular formula is C38H56N4O2. The van der Waals surface area contributed by atoms with E-state index in [1.165, 1.54) is 11.8 Å². The van der Waals surface area contributed by atoms with Gasteiger partial charge in [-0.1, -0.05) is 109 Å². The molecule has 0 radical (unpaired) electrons. The topological polar surface area (TPSA) is 82.9 Å². The molecule has 0 aromatic heterocycles. The minimum absolute atomic E-state index is 0.138. The van der Waals surface area contributed by atoms with E-state index >= 15 is 0 Å². The molecule has 2 aromatic rings. The van der Waals surface area contributed by atoms with Crippen molar-refractivity contribution in [3.63, 3.8) is 0 Å². The summed E-state index contributed by atoms with van der Waals surface area (Å²) in [5.41, 5.74) is 7.67.